The van der Waals surface area contributed by atoms with Crippen LogP contribution in [0.5, 0.6) is 0 Å². The standard InChI is InChI=1S/C8H8BrN3O3/c9-4-1-7(14)12(3-4)5-2-6(13)11-8(15)10-5/h2,4H,1,3H2,(H2,10,11,13,15). The Labute approximate surface area is 92.4 Å². The number of carbonyl (C=O) groups is 1. The molecule has 15 heavy (non-hydrogen) atoms. The van der Waals surface area contributed by atoms with Gasteiger partial charge in [0.25, 0.3) is 5.56 Å². The molecule has 2 rings (SSSR count). The average molecular weight is 274 g/mol. The highest BCUT2D eigenvalue weighted by atomic mass is 79.9. The van der Waals surface area contributed by atoms with Crippen LogP contribution in [-0.4, -0.2) is 27.2 Å². The lowest BCUT2D eigenvalue weighted by molar-refractivity contribution is -0.117. The van der Waals surface area contributed by atoms with Crippen LogP contribution < -0.4 is 16.1 Å². The van der Waals surface area contributed by atoms with Gasteiger partial charge in [-0.2, -0.15) is 0 Å². The van der Waals surface area contributed by atoms with Crippen LogP contribution in [-0.2, 0) is 4.79 Å². The number of nitrogens with one attached hydrogen (secondary N) is 2. The number of rotatable bonds is 1. The van der Waals surface area contributed by atoms with E-state index in [4.69, 9.17) is 0 Å². The molecule has 1 amide bonds. The summed E-state index contributed by atoms with van der Waals surface area (Å²) in [6.07, 6.45) is 0.370. The average Bonchev–Trinajstić information content (AvgIpc) is 2.43. The van der Waals surface area contributed by atoms with Crippen molar-refractivity contribution in [3.63, 3.8) is 0 Å². The van der Waals surface area contributed by atoms with Crippen molar-refractivity contribution < 1.29 is 4.79 Å². The van der Waals surface area contributed by atoms with Crippen molar-refractivity contribution in [1.82, 2.24) is 9.97 Å². The van der Waals surface area contributed by atoms with Crippen molar-refractivity contribution in [1.29, 1.82) is 0 Å². The fraction of sp³-hybridized carbons (Fsp3) is 0.375. The Balaban J connectivity index is 2.42. The highest BCUT2D eigenvalue weighted by Crippen LogP contribution is 2.21. The van der Waals surface area contributed by atoms with E-state index in [1.165, 1.54) is 11.0 Å². The molecule has 1 atom stereocenters. The van der Waals surface area contributed by atoms with Crippen LogP contribution >= 0.6 is 15.9 Å². The molecule has 2 heterocycles. The third-order valence-corrected chi connectivity index (χ3v) is 2.73. The summed E-state index contributed by atoms with van der Waals surface area (Å²) in [4.78, 5) is 39.4. The largest absolute Gasteiger partial charge is 0.327 e. The maximum atomic E-state index is 11.5. The summed E-state index contributed by atoms with van der Waals surface area (Å²) in [5.74, 6) is 0.133. The number of alkyl halides is 1. The Hall–Kier alpha value is -1.37. The summed E-state index contributed by atoms with van der Waals surface area (Å²) in [6.45, 7) is 0.457. The molecule has 7 heteroatoms. The fourth-order valence-electron chi connectivity index (χ4n) is 1.50. The van der Waals surface area contributed by atoms with Crippen molar-refractivity contribution in [2.24, 2.45) is 0 Å². The Morgan fingerprint density at radius 2 is 2.07 bits per heavy atom. The van der Waals surface area contributed by atoms with Crippen molar-refractivity contribution >= 4 is 27.7 Å². The van der Waals surface area contributed by atoms with Crippen molar-refractivity contribution in [2.45, 2.75) is 11.2 Å². The van der Waals surface area contributed by atoms with Crippen LogP contribution in [0.3, 0.4) is 0 Å². The molecule has 1 aromatic rings. The Kier molecular flexibility index (Phi) is 2.47. The van der Waals surface area contributed by atoms with E-state index >= 15 is 0 Å². The Bertz CT molecular complexity index is 478. The minimum Gasteiger partial charge on any atom is -0.297 e. The minimum atomic E-state index is -0.608. The van der Waals surface area contributed by atoms with E-state index in [2.05, 4.69) is 20.9 Å². The summed E-state index contributed by atoms with van der Waals surface area (Å²) < 4.78 is 0. The first-order valence-electron chi connectivity index (χ1n) is 4.34. The van der Waals surface area contributed by atoms with Gasteiger partial charge in [-0.15, -0.1) is 0 Å². The zero-order valence-electron chi connectivity index (χ0n) is 7.62. The third kappa shape index (κ3) is 2.01. The predicted molar refractivity (Wildman–Crippen MR) is 57.4 cm³/mol. The van der Waals surface area contributed by atoms with Crippen molar-refractivity contribution in [3.8, 4) is 0 Å². The number of H-pyrrole nitrogens is 2. The van der Waals surface area contributed by atoms with Crippen LogP contribution in [0.2, 0.25) is 0 Å². The number of anilines is 1. The van der Waals surface area contributed by atoms with E-state index in [0.29, 0.717) is 13.0 Å². The summed E-state index contributed by atoms with van der Waals surface area (Å²) in [5, 5.41) is 0. The lowest BCUT2D eigenvalue weighted by Gasteiger charge is -2.14. The Morgan fingerprint density at radius 1 is 1.33 bits per heavy atom. The highest BCUT2D eigenvalue weighted by Gasteiger charge is 2.29. The van der Waals surface area contributed by atoms with E-state index in [9.17, 15) is 14.4 Å². The van der Waals surface area contributed by atoms with Gasteiger partial charge in [0.2, 0.25) is 5.91 Å². The number of hydrogen-bond donors (Lipinski definition) is 2. The summed E-state index contributed by atoms with van der Waals surface area (Å²) in [5.41, 5.74) is -1.12. The topological polar surface area (TPSA) is 86.0 Å². The maximum Gasteiger partial charge on any atom is 0.327 e. The van der Waals surface area contributed by atoms with Crippen molar-refractivity contribution in [2.75, 3.05) is 11.4 Å². The first-order chi connectivity index (χ1) is 7.06. The van der Waals surface area contributed by atoms with E-state index in [-0.39, 0.29) is 16.6 Å². The molecule has 1 aliphatic heterocycles. The smallest absolute Gasteiger partial charge is 0.297 e. The quantitative estimate of drug-likeness (QED) is 0.681. The molecule has 0 aliphatic carbocycles. The van der Waals surface area contributed by atoms with Gasteiger partial charge in [-0.05, 0) is 0 Å². The summed E-state index contributed by atoms with van der Waals surface area (Å²) >= 11 is 3.31. The van der Waals surface area contributed by atoms with E-state index < -0.39 is 11.2 Å². The molecule has 0 radical (unpaired) electrons. The molecule has 1 fully saturated rings. The van der Waals surface area contributed by atoms with Gasteiger partial charge in [-0.25, -0.2) is 4.79 Å². The van der Waals surface area contributed by atoms with Gasteiger partial charge in [0, 0.05) is 23.9 Å². The molecule has 0 aromatic carbocycles. The van der Waals surface area contributed by atoms with Gasteiger partial charge in [0.05, 0.1) is 0 Å². The Morgan fingerprint density at radius 3 is 2.60 bits per heavy atom. The number of aromatic amines is 2. The number of nitrogens with zero attached hydrogens (tertiary/aromatic N) is 1. The summed E-state index contributed by atoms with van der Waals surface area (Å²) in [6, 6.07) is 1.20. The first kappa shape index (κ1) is 10.2. The van der Waals surface area contributed by atoms with E-state index in [1.54, 1.807) is 0 Å². The number of aromatic nitrogens is 2. The lowest BCUT2D eigenvalue weighted by atomic mass is 10.4. The monoisotopic (exact) mass is 273 g/mol. The molecule has 1 saturated heterocycles. The third-order valence-electron chi connectivity index (χ3n) is 2.11. The maximum absolute atomic E-state index is 11.5. The fourth-order valence-corrected chi connectivity index (χ4v) is 2.06. The van der Waals surface area contributed by atoms with Crippen LogP contribution in [0.1, 0.15) is 6.42 Å². The molecule has 80 valence electrons. The van der Waals surface area contributed by atoms with Gasteiger partial charge in [-0.1, -0.05) is 15.9 Å². The number of hydrogen-bond acceptors (Lipinski definition) is 3. The number of amides is 1. The molecule has 2 N–H and O–H groups in total. The van der Waals surface area contributed by atoms with Crippen molar-refractivity contribution in [3.05, 3.63) is 26.9 Å². The molecule has 6 nitrogen and oxygen atoms in total. The number of halogens is 1. The van der Waals surface area contributed by atoms with Crippen LogP contribution in [0.4, 0.5) is 5.82 Å². The summed E-state index contributed by atoms with van der Waals surface area (Å²) in [7, 11) is 0. The minimum absolute atomic E-state index is 0.0628. The van der Waals surface area contributed by atoms with Gasteiger partial charge in [0.15, 0.2) is 0 Å². The van der Waals surface area contributed by atoms with E-state index in [0.717, 1.165) is 0 Å². The molecule has 1 aliphatic rings. The molecule has 0 spiro atoms. The molecule has 0 bridgehead atoms. The lowest BCUT2D eigenvalue weighted by Crippen LogP contribution is -2.31. The van der Waals surface area contributed by atoms with Gasteiger partial charge < -0.3 is 0 Å². The van der Waals surface area contributed by atoms with Crippen LogP contribution in [0.25, 0.3) is 0 Å². The number of carbonyl (C=O) groups excluding carboxylic acids is 1. The normalized spacial score (nSPS) is 21.0. The second-order valence-corrected chi connectivity index (χ2v) is 4.57. The molecule has 1 aromatic heterocycles. The first-order valence-corrected chi connectivity index (χ1v) is 5.26. The molecule has 0 saturated carbocycles. The van der Waals surface area contributed by atoms with Gasteiger partial charge in [-0.3, -0.25) is 24.5 Å². The van der Waals surface area contributed by atoms with Gasteiger partial charge >= 0.3 is 5.69 Å². The second kappa shape index (κ2) is 3.65. The van der Waals surface area contributed by atoms with Crippen LogP contribution in [0, 0.1) is 0 Å². The zero-order chi connectivity index (χ0) is 11.0. The van der Waals surface area contributed by atoms with Crippen LogP contribution in [0.15, 0.2) is 15.7 Å². The highest BCUT2D eigenvalue weighted by molar-refractivity contribution is 9.09. The van der Waals surface area contributed by atoms with Gasteiger partial charge in [0.1, 0.15) is 5.82 Å². The second-order valence-electron chi connectivity index (χ2n) is 3.28. The molecular formula is C8H8BrN3O3. The molecule has 1 unspecified atom stereocenters. The molecular weight excluding hydrogens is 266 g/mol. The zero-order valence-corrected chi connectivity index (χ0v) is 9.20. The predicted octanol–water partition coefficient (Wildman–Crippen LogP) is -0.437. The van der Waals surface area contributed by atoms with E-state index in [1.807, 2.05) is 4.98 Å². The SMILES string of the molecule is O=C1CC(Br)CN1c1cc(=O)[nH]c(=O)[nH]1.